The number of carboxylic acid groups (broad SMARTS) is 1. The van der Waals surface area contributed by atoms with E-state index in [0.717, 1.165) is 17.7 Å². The topological polar surface area (TPSA) is 79.3 Å². The first-order valence-electron chi connectivity index (χ1n) is 9.97. The van der Waals surface area contributed by atoms with E-state index in [-0.39, 0.29) is 5.56 Å². The third kappa shape index (κ3) is 4.51. The van der Waals surface area contributed by atoms with Gasteiger partial charge in [0.15, 0.2) is 0 Å². The van der Waals surface area contributed by atoms with Gasteiger partial charge in [0.2, 0.25) is 0 Å². The van der Waals surface area contributed by atoms with Crippen molar-refractivity contribution in [1.82, 2.24) is 4.98 Å². The number of carbonyl (C=O) groups is 2. The number of anilines is 1. The number of halogens is 4. The number of nitrogens with one attached hydrogen (secondary N) is 1. The molecule has 0 saturated heterocycles. The first-order valence-corrected chi connectivity index (χ1v) is 10.8. The molecule has 0 atom stereocenters. The van der Waals surface area contributed by atoms with Gasteiger partial charge in [-0.3, -0.25) is 4.79 Å². The van der Waals surface area contributed by atoms with Gasteiger partial charge in [-0.2, -0.15) is 13.2 Å². The Hall–Kier alpha value is -3.72. The van der Waals surface area contributed by atoms with Crippen molar-refractivity contribution in [3.8, 4) is 11.3 Å². The van der Waals surface area contributed by atoms with Crippen LogP contribution < -0.4 is 5.32 Å². The maximum atomic E-state index is 13.7. The van der Waals surface area contributed by atoms with Gasteiger partial charge in [-0.05, 0) is 48.9 Å². The highest BCUT2D eigenvalue weighted by atomic mass is 79.9. The first-order chi connectivity index (χ1) is 16.1. The zero-order chi connectivity index (χ0) is 24.6. The van der Waals surface area contributed by atoms with E-state index in [1.54, 1.807) is 25.1 Å². The van der Waals surface area contributed by atoms with Crippen molar-refractivity contribution < 1.29 is 27.9 Å². The van der Waals surface area contributed by atoms with Crippen molar-refractivity contribution in [1.29, 1.82) is 0 Å². The van der Waals surface area contributed by atoms with Crippen LogP contribution in [0, 0.1) is 6.92 Å². The summed E-state index contributed by atoms with van der Waals surface area (Å²) in [5.74, 6) is -2.27. The highest BCUT2D eigenvalue weighted by Crippen LogP contribution is 2.37. The second-order valence-electron chi connectivity index (χ2n) is 7.51. The van der Waals surface area contributed by atoms with Crippen LogP contribution in [0.4, 0.5) is 18.9 Å². The van der Waals surface area contributed by atoms with Gasteiger partial charge in [-0.1, -0.05) is 46.3 Å². The maximum Gasteiger partial charge on any atom is 0.418 e. The number of carbonyl (C=O) groups excluding carboxylic acids is 1. The molecule has 0 aliphatic carbocycles. The second kappa shape index (κ2) is 8.90. The monoisotopic (exact) mass is 528 g/mol. The number of pyridine rings is 1. The molecule has 0 saturated carbocycles. The van der Waals surface area contributed by atoms with Gasteiger partial charge in [-0.25, -0.2) is 9.78 Å². The number of hydrogen-bond donors (Lipinski definition) is 2. The van der Waals surface area contributed by atoms with Crippen molar-refractivity contribution in [2.75, 3.05) is 5.32 Å². The van der Waals surface area contributed by atoms with Crippen molar-refractivity contribution in [2.45, 2.75) is 13.1 Å². The number of benzene rings is 3. The zero-order valence-corrected chi connectivity index (χ0v) is 19.2. The molecular weight excluding hydrogens is 513 g/mol. The minimum Gasteiger partial charge on any atom is -0.478 e. The van der Waals surface area contributed by atoms with Gasteiger partial charge in [0.1, 0.15) is 0 Å². The standard InChI is InChI=1S/C25H16BrF3N2O3/c1-13-21(23(32)31-20-9-7-15(24(33)34)11-18(20)25(27,28)29)17-12-16(26)8-10-19(17)30-22(13)14-5-3-2-4-6-14/h2-12H,1H3,(H,31,32)(H,33,34). The Balaban J connectivity index is 1.89. The summed E-state index contributed by atoms with van der Waals surface area (Å²) in [6, 6.07) is 16.7. The molecule has 1 amide bonds. The van der Waals surface area contributed by atoms with E-state index in [0.29, 0.717) is 32.7 Å². The van der Waals surface area contributed by atoms with E-state index < -0.39 is 34.9 Å². The molecule has 0 spiro atoms. The summed E-state index contributed by atoms with van der Waals surface area (Å²) in [5, 5.41) is 11.9. The first kappa shape index (κ1) is 23.4. The Labute approximate surface area is 200 Å². The fourth-order valence-corrected chi connectivity index (χ4v) is 4.07. The lowest BCUT2D eigenvalue weighted by atomic mass is 9.97. The van der Waals surface area contributed by atoms with Crippen LogP contribution in [-0.4, -0.2) is 22.0 Å². The summed E-state index contributed by atoms with van der Waals surface area (Å²) in [4.78, 5) is 29.2. The zero-order valence-electron chi connectivity index (χ0n) is 17.6. The molecule has 172 valence electrons. The van der Waals surface area contributed by atoms with Gasteiger partial charge < -0.3 is 10.4 Å². The molecule has 5 nitrogen and oxygen atoms in total. The molecule has 0 unspecified atom stereocenters. The van der Waals surface area contributed by atoms with Crippen LogP contribution in [-0.2, 0) is 6.18 Å². The number of aromatic nitrogens is 1. The Bertz CT molecular complexity index is 1440. The van der Waals surface area contributed by atoms with Crippen LogP contribution in [0.5, 0.6) is 0 Å². The van der Waals surface area contributed by atoms with E-state index >= 15 is 0 Å². The number of fused-ring (bicyclic) bond motifs is 1. The lowest BCUT2D eigenvalue weighted by molar-refractivity contribution is -0.136. The Kier molecular flexibility index (Phi) is 6.14. The molecule has 4 rings (SSSR count). The van der Waals surface area contributed by atoms with Gasteiger partial charge >= 0.3 is 12.1 Å². The van der Waals surface area contributed by atoms with Crippen molar-refractivity contribution in [2.24, 2.45) is 0 Å². The fraction of sp³-hybridized carbons (Fsp3) is 0.0800. The molecule has 0 radical (unpaired) electrons. The van der Waals surface area contributed by atoms with Crippen molar-refractivity contribution >= 4 is 44.4 Å². The molecule has 1 heterocycles. The van der Waals surface area contributed by atoms with E-state index in [1.165, 1.54) is 0 Å². The SMILES string of the molecule is Cc1c(-c2ccccc2)nc2ccc(Br)cc2c1C(=O)Nc1ccc(C(=O)O)cc1C(F)(F)F. The Morgan fingerprint density at radius 2 is 1.71 bits per heavy atom. The van der Waals surface area contributed by atoms with E-state index in [4.69, 9.17) is 5.11 Å². The molecule has 0 bridgehead atoms. The van der Waals surface area contributed by atoms with Gasteiger partial charge in [0.05, 0.1) is 33.6 Å². The van der Waals surface area contributed by atoms with Gasteiger partial charge in [-0.15, -0.1) is 0 Å². The summed E-state index contributed by atoms with van der Waals surface area (Å²) in [5.41, 5.74) is 0.106. The second-order valence-corrected chi connectivity index (χ2v) is 8.42. The minimum atomic E-state index is -4.87. The molecule has 0 aliphatic heterocycles. The van der Waals surface area contributed by atoms with Crippen molar-refractivity contribution in [3.05, 3.63) is 93.5 Å². The number of hydrogen-bond acceptors (Lipinski definition) is 3. The summed E-state index contributed by atoms with van der Waals surface area (Å²) < 4.78 is 41.6. The van der Waals surface area contributed by atoms with Crippen LogP contribution >= 0.6 is 15.9 Å². The molecule has 4 aromatic rings. The lowest BCUT2D eigenvalue weighted by Crippen LogP contribution is -2.19. The number of carboxylic acids is 1. The average molecular weight is 529 g/mol. The van der Waals surface area contributed by atoms with E-state index in [2.05, 4.69) is 26.2 Å². The van der Waals surface area contributed by atoms with Gasteiger partial charge in [0, 0.05) is 15.4 Å². The third-order valence-electron chi connectivity index (χ3n) is 5.28. The highest BCUT2D eigenvalue weighted by Gasteiger charge is 2.35. The van der Waals surface area contributed by atoms with Crippen molar-refractivity contribution in [3.63, 3.8) is 0 Å². The van der Waals surface area contributed by atoms with E-state index in [9.17, 15) is 22.8 Å². The van der Waals surface area contributed by atoms with Gasteiger partial charge in [0.25, 0.3) is 5.91 Å². The van der Waals surface area contributed by atoms with Crippen LogP contribution in [0.15, 0.2) is 71.2 Å². The minimum absolute atomic E-state index is 0.167. The normalized spacial score (nSPS) is 11.4. The number of amides is 1. The maximum absolute atomic E-state index is 13.7. The number of alkyl halides is 3. The number of nitrogens with zero attached hydrogens (tertiary/aromatic N) is 1. The predicted octanol–water partition coefficient (Wildman–Crippen LogP) is 6.94. The molecular formula is C25H16BrF3N2O3. The van der Waals surface area contributed by atoms with Crippen LogP contribution in [0.1, 0.15) is 31.8 Å². The lowest BCUT2D eigenvalue weighted by Gasteiger charge is -2.18. The molecule has 1 aromatic heterocycles. The average Bonchev–Trinajstić information content (AvgIpc) is 2.78. The summed E-state index contributed by atoms with van der Waals surface area (Å²) >= 11 is 3.37. The molecule has 3 aromatic carbocycles. The number of aromatic carboxylic acids is 1. The summed E-state index contributed by atoms with van der Waals surface area (Å²) in [6.07, 6.45) is -4.87. The number of rotatable bonds is 4. The van der Waals surface area contributed by atoms with Crippen LogP contribution in [0.25, 0.3) is 22.2 Å². The smallest absolute Gasteiger partial charge is 0.418 e. The fourth-order valence-electron chi connectivity index (χ4n) is 3.71. The van der Waals surface area contributed by atoms with E-state index in [1.807, 2.05) is 30.3 Å². The summed E-state index contributed by atoms with van der Waals surface area (Å²) in [6.45, 7) is 1.68. The predicted molar refractivity (Wildman–Crippen MR) is 126 cm³/mol. The highest BCUT2D eigenvalue weighted by molar-refractivity contribution is 9.10. The molecule has 2 N–H and O–H groups in total. The van der Waals surface area contributed by atoms with Crippen LogP contribution in [0.3, 0.4) is 0 Å². The molecule has 34 heavy (non-hydrogen) atoms. The molecule has 0 fully saturated rings. The third-order valence-corrected chi connectivity index (χ3v) is 5.78. The largest absolute Gasteiger partial charge is 0.478 e. The van der Waals surface area contributed by atoms with Crippen LogP contribution in [0.2, 0.25) is 0 Å². The molecule has 0 aliphatic rings. The summed E-state index contributed by atoms with van der Waals surface area (Å²) in [7, 11) is 0. The Morgan fingerprint density at radius 3 is 2.35 bits per heavy atom. The quantitative estimate of drug-likeness (QED) is 0.300. The Morgan fingerprint density at radius 1 is 1.00 bits per heavy atom. The molecule has 9 heteroatoms.